The predicted octanol–water partition coefficient (Wildman–Crippen LogP) is 3.68. The molecule has 1 heterocycles. The Hall–Kier alpha value is -2.85. The Kier molecular flexibility index (Phi) is 7.48. The molecule has 0 bridgehead atoms. The van der Waals surface area contributed by atoms with Crippen LogP contribution in [0.15, 0.2) is 41.3 Å². The summed E-state index contributed by atoms with van der Waals surface area (Å²) in [5, 5.41) is 0. The van der Waals surface area contributed by atoms with E-state index < -0.39 is 45.6 Å². The van der Waals surface area contributed by atoms with E-state index in [1.165, 1.54) is 23.5 Å². The Labute approximate surface area is 191 Å². The van der Waals surface area contributed by atoms with Gasteiger partial charge in [-0.2, -0.15) is 4.31 Å². The van der Waals surface area contributed by atoms with Crippen molar-refractivity contribution >= 4 is 21.8 Å². The molecular formula is C23H25F2NO6S. The van der Waals surface area contributed by atoms with Crippen molar-refractivity contribution in [1.82, 2.24) is 4.31 Å². The number of nitrogens with zero attached hydrogens (tertiary/aromatic N) is 1. The first-order chi connectivity index (χ1) is 15.5. The van der Waals surface area contributed by atoms with Crippen LogP contribution in [0.2, 0.25) is 0 Å². The molecule has 33 heavy (non-hydrogen) atoms. The molecule has 178 valence electrons. The van der Waals surface area contributed by atoms with Gasteiger partial charge in [0.1, 0.15) is 22.3 Å². The minimum Gasteiger partial charge on any atom is -0.495 e. The van der Waals surface area contributed by atoms with Crippen molar-refractivity contribution in [3.63, 3.8) is 0 Å². The first-order valence-corrected chi connectivity index (χ1v) is 11.8. The van der Waals surface area contributed by atoms with Crippen molar-refractivity contribution in [3.8, 4) is 5.75 Å². The lowest BCUT2D eigenvalue weighted by Gasteiger charge is -2.34. The number of ketones is 1. The van der Waals surface area contributed by atoms with E-state index in [1.54, 1.807) is 0 Å². The number of ether oxygens (including phenoxy) is 2. The zero-order valence-electron chi connectivity index (χ0n) is 18.5. The first kappa shape index (κ1) is 24.8. The summed E-state index contributed by atoms with van der Waals surface area (Å²) in [6.07, 6.45) is 0.912. The number of Topliss-reactive ketones (excluding diaryl/α,β-unsaturated/α-hetero) is 1. The molecule has 0 saturated carbocycles. The summed E-state index contributed by atoms with van der Waals surface area (Å²) >= 11 is 0. The van der Waals surface area contributed by atoms with E-state index in [1.807, 2.05) is 13.8 Å². The Balaban J connectivity index is 1.82. The molecule has 2 aromatic rings. The summed E-state index contributed by atoms with van der Waals surface area (Å²) < 4.78 is 65.2. The maximum absolute atomic E-state index is 13.8. The lowest BCUT2D eigenvalue weighted by atomic mass is 9.94. The van der Waals surface area contributed by atoms with Crippen molar-refractivity contribution in [3.05, 3.63) is 59.2 Å². The van der Waals surface area contributed by atoms with E-state index in [9.17, 15) is 26.8 Å². The number of rotatable bonds is 7. The van der Waals surface area contributed by atoms with Crippen LogP contribution in [0.4, 0.5) is 8.78 Å². The fourth-order valence-electron chi connectivity index (χ4n) is 3.95. The zero-order valence-corrected chi connectivity index (χ0v) is 19.3. The van der Waals surface area contributed by atoms with Crippen molar-refractivity contribution in [2.45, 2.75) is 25.2 Å². The number of piperidine rings is 1. The lowest BCUT2D eigenvalue weighted by molar-refractivity contribution is 0.0473. The quantitative estimate of drug-likeness (QED) is 0.443. The monoisotopic (exact) mass is 481 g/mol. The number of hydrogen-bond acceptors (Lipinski definition) is 6. The molecule has 2 atom stereocenters. The van der Waals surface area contributed by atoms with Gasteiger partial charge >= 0.3 is 5.97 Å². The number of halogens is 2. The summed E-state index contributed by atoms with van der Waals surface area (Å²) in [4.78, 5) is 24.5. The van der Waals surface area contributed by atoms with E-state index in [0.29, 0.717) is 19.2 Å². The number of hydrogen-bond donors (Lipinski definition) is 0. The Morgan fingerprint density at radius 3 is 2.36 bits per heavy atom. The van der Waals surface area contributed by atoms with Crippen LogP contribution in [-0.4, -0.2) is 51.3 Å². The first-order valence-electron chi connectivity index (χ1n) is 10.4. The van der Waals surface area contributed by atoms with Gasteiger partial charge in [0, 0.05) is 13.1 Å². The highest BCUT2D eigenvalue weighted by Gasteiger charge is 2.34. The largest absolute Gasteiger partial charge is 0.495 e. The molecule has 0 radical (unpaired) electrons. The fraction of sp³-hybridized carbons (Fsp3) is 0.391. The second-order valence-corrected chi connectivity index (χ2v) is 10.2. The molecule has 7 nitrogen and oxygen atoms in total. The Morgan fingerprint density at radius 1 is 1.06 bits per heavy atom. The van der Waals surface area contributed by atoms with Gasteiger partial charge in [0.25, 0.3) is 0 Å². The van der Waals surface area contributed by atoms with Crippen LogP contribution in [0.1, 0.15) is 41.0 Å². The second-order valence-electron chi connectivity index (χ2n) is 8.26. The molecule has 0 spiro atoms. The number of carbonyl (C=O) groups is 2. The molecule has 1 aliphatic heterocycles. The summed E-state index contributed by atoms with van der Waals surface area (Å²) in [6.45, 7) is 3.80. The molecule has 2 aromatic carbocycles. The summed E-state index contributed by atoms with van der Waals surface area (Å²) in [5.41, 5.74) is -0.672. The lowest BCUT2D eigenvalue weighted by Crippen LogP contribution is -2.42. The van der Waals surface area contributed by atoms with Crippen LogP contribution in [-0.2, 0) is 14.8 Å². The molecule has 0 N–H and O–H groups in total. The van der Waals surface area contributed by atoms with Gasteiger partial charge < -0.3 is 9.47 Å². The number of sulfonamides is 1. The topological polar surface area (TPSA) is 90.0 Å². The van der Waals surface area contributed by atoms with Gasteiger partial charge in [0.2, 0.25) is 15.8 Å². The van der Waals surface area contributed by atoms with Crippen LogP contribution < -0.4 is 4.74 Å². The minimum atomic E-state index is -3.97. The molecule has 3 rings (SSSR count). The van der Waals surface area contributed by atoms with E-state index >= 15 is 0 Å². The van der Waals surface area contributed by atoms with Crippen molar-refractivity contribution in [2.24, 2.45) is 11.8 Å². The van der Waals surface area contributed by atoms with E-state index in [4.69, 9.17) is 9.47 Å². The molecule has 1 aliphatic rings. The van der Waals surface area contributed by atoms with Gasteiger partial charge in [0.15, 0.2) is 6.61 Å². The number of esters is 1. The summed E-state index contributed by atoms with van der Waals surface area (Å²) in [5.74, 6) is -3.25. The number of carbonyl (C=O) groups excluding carboxylic acids is 2. The molecule has 1 saturated heterocycles. The third-order valence-corrected chi connectivity index (χ3v) is 7.27. The van der Waals surface area contributed by atoms with Crippen LogP contribution in [0.5, 0.6) is 5.75 Å². The van der Waals surface area contributed by atoms with Crippen molar-refractivity contribution in [1.29, 1.82) is 0 Å². The normalized spacial score (nSPS) is 19.2. The Morgan fingerprint density at radius 2 is 1.73 bits per heavy atom. The van der Waals surface area contributed by atoms with Gasteiger partial charge in [-0.3, -0.25) is 4.79 Å². The third kappa shape index (κ3) is 5.56. The molecule has 0 aliphatic carbocycles. The predicted molar refractivity (Wildman–Crippen MR) is 116 cm³/mol. The van der Waals surface area contributed by atoms with Crippen molar-refractivity contribution in [2.75, 3.05) is 26.8 Å². The molecule has 10 heteroatoms. The molecule has 0 amide bonds. The van der Waals surface area contributed by atoms with Gasteiger partial charge in [-0.1, -0.05) is 13.8 Å². The average molecular weight is 482 g/mol. The van der Waals surface area contributed by atoms with E-state index in [0.717, 1.165) is 24.6 Å². The Bertz CT molecular complexity index is 1160. The van der Waals surface area contributed by atoms with Crippen LogP contribution in [0.3, 0.4) is 0 Å². The smallest absolute Gasteiger partial charge is 0.338 e. The zero-order chi connectivity index (χ0) is 24.3. The SMILES string of the molecule is COc1ccc(C(=O)OCC(=O)c2cc(F)ccc2F)cc1S(=O)(=O)N1CC(C)CC(C)C1. The number of benzene rings is 2. The highest BCUT2D eigenvalue weighted by molar-refractivity contribution is 7.89. The van der Waals surface area contributed by atoms with E-state index in [-0.39, 0.29) is 28.0 Å². The highest BCUT2D eigenvalue weighted by atomic mass is 32.2. The summed E-state index contributed by atoms with van der Waals surface area (Å²) in [7, 11) is -2.65. The average Bonchev–Trinajstić information content (AvgIpc) is 2.77. The molecule has 1 fully saturated rings. The summed E-state index contributed by atoms with van der Waals surface area (Å²) in [6, 6.07) is 6.13. The van der Waals surface area contributed by atoms with Gasteiger partial charge in [-0.15, -0.1) is 0 Å². The van der Waals surface area contributed by atoms with Gasteiger partial charge in [0.05, 0.1) is 18.2 Å². The van der Waals surface area contributed by atoms with Crippen molar-refractivity contribution < 1.29 is 36.3 Å². The third-order valence-electron chi connectivity index (χ3n) is 5.42. The van der Waals surface area contributed by atoms with Crippen LogP contribution in [0, 0.1) is 23.5 Å². The van der Waals surface area contributed by atoms with Crippen LogP contribution in [0.25, 0.3) is 0 Å². The number of methoxy groups -OCH3 is 1. The maximum Gasteiger partial charge on any atom is 0.338 e. The standard InChI is InChI=1S/C23H25F2NO6S/c1-14-8-15(2)12-26(11-14)33(29,30)22-9-16(4-7-21(22)31-3)23(28)32-13-20(27)18-10-17(24)5-6-19(18)25/h4-7,9-10,14-15H,8,11-13H2,1-3H3. The second kappa shape index (κ2) is 9.96. The fourth-order valence-corrected chi connectivity index (χ4v) is 5.81. The molecular weight excluding hydrogens is 456 g/mol. The van der Waals surface area contributed by atoms with E-state index in [2.05, 4.69) is 0 Å². The minimum absolute atomic E-state index is 0.0651. The molecule has 0 aromatic heterocycles. The molecule has 2 unspecified atom stereocenters. The maximum atomic E-state index is 13.8. The van der Waals surface area contributed by atoms with Gasteiger partial charge in [-0.05, 0) is 54.7 Å². The highest BCUT2D eigenvalue weighted by Crippen LogP contribution is 2.32. The van der Waals surface area contributed by atoms with Crippen LogP contribution >= 0.6 is 0 Å². The van der Waals surface area contributed by atoms with Gasteiger partial charge in [-0.25, -0.2) is 22.0 Å².